The van der Waals surface area contributed by atoms with Gasteiger partial charge in [0.1, 0.15) is 0 Å². The lowest BCUT2D eigenvalue weighted by molar-refractivity contribution is 0.215. The van der Waals surface area contributed by atoms with Crippen LogP contribution in [0.2, 0.25) is 0 Å². The van der Waals surface area contributed by atoms with E-state index in [0.717, 1.165) is 25.7 Å². The molecule has 0 aliphatic rings. The fraction of sp³-hybridized carbons (Fsp3) is 1.00. The molecule has 0 aromatic rings. The van der Waals surface area contributed by atoms with Crippen molar-refractivity contribution < 1.29 is 13.2 Å². The molecule has 5 heteroatoms. The molecule has 0 unspecified atom stereocenters. The molecule has 0 amide bonds. The number of hydrogen-bond acceptors (Lipinski definition) is 3. The summed E-state index contributed by atoms with van der Waals surface area (Å²) < 4.78 is 30.3. The minimum atomic E-state index is -3.12. The van der Waals surface area contributed by atoms with Gasteiger partial charge in [0.05, 0.1) is 12.4 Å². The maximum Gasteiger partial charge on any atom is 0.216 e. The van der Waals surface area contributed by atoms with Crippen molar-refractivity contribution in [3.8, 4) is 0 Å². The predicted molar refractivity (Wildman–Crippen MR) is 67.1 cm³/mol. The Morgan fingerprint density at radius 3 is 1.94 bits per heavy atom. The molecule has 4 nitrogen and oxygen atoms in total. The number of unbranched alkanes of at least 4 members (excludes halogenated alkanes) is 2. The molecular weight excluding hydrogens is 226 g/mol. The maximum atomic E-state index is 11.9. The fourth-order valence-electron chi connectivity index (χ4n) is 1.38. The first kappa shape index (κ1) is 15.9. The van der Waals surface area contributed by atoms with E-state index >= 15 is 0 Å². The molecule has 0 saturated carbocycles. The van der Waals surface area contributed by atoms with Crippen molar-refractivity contribution in [2.24, 2.45) is 0 Å². The van der Waals surface area contributed by atoms with Crippen LogP contribution in [-0.4, -0.2) is 45.3 Å². The summed E-state index contributed by atoms with van der Waals surface area (Å²) in [6.45, 7) is 5.70. The Labute approximate surface area is 100 Å². The molecule has 0 aromatic heterocycles. The zero-order chi connectivity index (χ0) is 12.4. The summed E-state index contributed by atoms with van der Waals surface area (Å²) in [7, 11) is -1.59. The third-order valence-corrected chi connectivity index (χ3v) is 4.30. The van der Waals surface area contributed by atoms with Gasteiger partial charge in [-0.25, -0.2) is 12.7 Å². The Morgan fingerprint density at radius 2 is 1.56 bits per heavy atom. The fourth-order valence-corrected chi connectivity index (χ4v) is 2.83. The zero-order valence-corrected chi connectivity index (χ0v) is 11.6. The Balaban J connectivity index is 4.33. The largest absolute Gasteiger partial charge is 0.384 e. The van der Waals surface area contributed by atoms with E-state index < -0.39 is 10.0 Å². The van der Waals surface area contributed by atoms with E-state index in [1.165, 1.54) is 7.11 Å². The number of sulfonamides is 1. The van der Waals surface area contributed by atoms with Crippen LogP contribution in [0, 0.1) is 0 Å². The lowest BCUT2D eigenvalue weighted by Gasteiger charge is -2.21. The number of rotatable bonds is 10. The van der Waals surface area contributed by atoms with Crippen molar-refractivity contribution in [1.82, 2.24) is 4.31 Å². The van der Waals surface area contributed by atoms with Crippen LogP contribution >= 0.6 is 0 Å². The highest BCUT2D eigenvalue weighted by Gasteiger charge is 2.20. The Hall–Kier alpha value is -0.130. The highest BCUT2D eigenvalue weighted by molar-refractivity contribution is 7.89. The van der Waals surface area contributed by atoms with E-state index in [9.17, 15) is 8.42 Å². The van der Waals surface area contributed by atoms with Gasteiger partial charge in [0.25, 0.3) is 0 Å². The summed E-state index contributed by atoms with van der Waals surface area (Å²) in [5, 5.41) is 0. The second kappa shape index (κ2) is 8.96. The van der Waals surface area contributed by atoms with Crippen LogP contribution in [0.3, 0.4) is 0 Å². The molecule has 0 fully saturated rings. The minimum Gasteiger partial charge on any atom is -0.384 e. The van der Waals surface area contributed by atoms with Crippen LogP contribution < -0.4 is 0 Å². The summed E-state index contributed by atoms with van der Waals surface area (Å²) in [4.78, 5) is 0. The van der Waals surface area contributed by atoms with Crippen molar-refractivity contribution in [3.63, 3.8) is 0 Å². The first-order valence-corrected chi connectivity index (χ1v) is 7.66. The molecule has 0 N–H and O–H groups in total. The lowest BCUT2D eigenvalue weighted by atomic mass is 10.3. The van der Waals surface area contributed by atoms with E-state index in [2.05, 4.69) is 13.8 Å². The summed E-state index contributed by atoms with van der Waals surface area (Å²) in [6, 6.07) is 0. The average Bonchev–Trinajstić information content (AvgIpc) is 2.26. The highest BCUT2D eigenvalue weighted by atomic mass is 32.2. The van der Waals surface area contributed by atoms with Gasteiger partial charge in [-0.1, -0.05) is 26.7 Å². The van der Waals surface area contributed by atoms with Crippen molar-refractivity contribution in [3.05, 3.63) is 0 Å². The summed E-state index contributed by atoms with van der Waals surface area (Å²) in [5.74, 6) is 0.0942. The summed E-state index contributed by atoms with van der Waals surface area (Å²) in [6.07, 6.45) is 3.89. The molecular formula is C11H25NO3S. The topological polar surface area (TPSA) is 46.6 Å². The third-order valence-electron chi connectivity index (χ3n) is 2.46. The maximum absolute atomic E-state index is 11.9. The number of ether oxygens (including phenoxy) is 1. The second-order valence-electron chi connectivity index (χ2n) is 3.91. The number of hydrogen-bond donors (Lipinski definition) is 0. The normalized spacial score (nSPS) is 12.2. The van der Waals surface area contributed by atoms with Gasteiger partial charge in [-0.2, -0.15) is 0 Å². The smallest absolute Gasteiger partial charge is 0.216 e. The van der Waals surface area contributed by atoms with Crippen LogP contribution in [0.15, 0.2) is 0 Å². The molecule has 0 heterocycles. The van der Waals surface area contributed by atoms with Gasteiger partial charge in [-0.05, 0) is 12.8 Å². The van der Waals surface area contributed by atoms with Crippen molar-refractivity contribution >= 4 is 10.0 Å². The molecule has 0 bridgehead atoms. The van der Waals surface area contributed by atoms with E-state index in [-0.39, 0.29) is 12.4 Å². The molecule has 0 aliphatic heterocycles. The number of methoxy groups -OCH3 is 1. The Kier molecular flexibility index (Phi) is 8.89. The van der Waals surface area contributed by atoms with Gasteiger partial charge in [0.2, 0.25) is 10.0 Å². The summed E-state index contributed by atoms with van der Waals surface area (Å²) in [5.41, 5.74) is 0. The van der Waals surface area contributed by atoms with Crippen LogP contribution in [-0.2, 0) is 14.8 Å². The monoisotopic (exact) mass is 251 g/mol. The molecule has 0 radical (unpaired) electrons. The van der Waals surface area contributed by atoms with Gasteiger partial charge in [0, 0.05) is 20.2 Å². The summed E-state index contributed by atoms with van der Waals surface area (Å²) >= 11 is 0. The molecule has 16 heavy (non-hydrogen) atoms. The zero-order valence-electron chi connectivity index (χ0n) is 10.7. The predicted octanol–water partition coefficient (Wildman–Crippen LogP) is 1.86. The second-order valence-corrected chi connectivity index (χ2v) is 6.00. The van der Waals surface area contributed by atoms with Gasteiger partial charge >= 0.3 is 0 Å². The average molecular weight is 251 g/mol. The highest BCUT2D eigenvalue weighted by Crippen LogP contribution is 2.06. The standard InChI is InChI=1S/C11H25NO3S/c1-4-6-8-12(9-7-5-2)16(13,14)11-10-15-3/h4-11H2,1-3H3. The Bertz CT molecular complexity index is 244. The van der Waals surface area contributed by atoms with Crippen LogP contribution in [0.5, 0.6) is 0 Å². The first-order valence-electron chi connectivity index (χ1n) is 6.05. The van der Waals surface area contributed by atoms with Gasteiger partial charge < -0.3 is 4.74 Å². The minimum absolute atomic E-state index is 0.0942. The van der Waals surface area contributed by atoms with E-state index in [4.69, 9.17) is 4.74 Å². The molecule has 0 rings (SSSR count). The SMILES string of the molecule is CCCCN(CCCC)S(=O)(=O)CCOC. The van der Waals surface area contributed by atoms with Crippen LogP contribution in [0.25, 0.3) is 0 Å². The lowest BCUT2D eigenvalue weighted by Crippen LogP contribution is -2.35. The van der Waals surface area contributed by atoms with E-state index in [0.29, 0.717) is 13.1 Å². The molecule has 0 aromatic carbocycles. The van der Waals surface area contributed by atoms with E-state index in [1.54, 1.807) is 4.31 Å². The first-order chi connectivity index (χ1) is 7.58. The molecule has 0 atom stereocenters. The number of nitrogens with zero attached hydrogens (tertiary/aromatic N) is 1. The Morgan fingerprint density at radius 1 is 1.06 bits per heavy atom. The van der Waals surface area contributed by atoms with Crippen molar-refractivity contribution in [1.29, 1.82) is 0 Å². The van der Waals surface area contributed by atoms with E-state index in [1.807, 2.05) is 0 Å². The quantitative estimate of drug-likeness (QED) is 0.595. The molecule has 98 valence electrons. The van der Waals surface area contributed by atoms with Crippen LogP contribution in [0.1, 0.15) is 39.5 Å². The van der Waals surface area contributed by atoms with Gasteiger partial charge in [-0.3, -0.25) is 0 Å². The van der Waals surface area contributed by atoms with Crippen LogP contribution in [0.4, 0.5) is 0 Å². The van der Waals surface area contributed by atoms with Crippen molar-refractivity contribution in [2.75, 3.05) is 32.6 Å². The van der Waals surface area contributed by atoms with Gasteiger partial charge in [-0.15, -0.1) is 0 Å². The van der Waals surface area contributed by atoms with Gasteiger partial charge in [0.15, 0.2) is 0 Å². The molecule has 0 aliphatic carbocycles. The van der Waals surface area contributed by atoms with Crippen molar-refractivity contribution in [2.45, 2.75) is 39.5 Å². The molecule has 0 spiro atoms. The molecule has 0 saturated heterocycles. The third kappa shape index (κ3) is 6.45.